The van der Waals surface area contributed by atoms with E-state index in [0.29, 0.717) is 35.8 Å². The predicted octanol–water partition coefficient (Wildman–Crippen LogP) is 5.29. The molecular formula is C35H45N5O6. The van der Waals surface area contributed by atoms with Crippen LogP contribution >= 0.6 is 0 Å². The molecule has 0 saturated carbocycles. The van der Waals surface area contributed by atoms with Crippen molar-refractivity contribution in [3.63, 3.8) is 0 Å². The number of amides is 4. The van der Waals surface area contributed by atoms with Crippen LogP contribution in [-0.2, 0) is 4.74 Å². The fourth-order valence-electron chi connectivity index (χ4n) is 5.26. The Hall–Kier alpha value is -4.48. The quantitative estimate of drug-likeness (QED) is 0.323. The Kier molecular flexibility index (Phi) is 12.5. The standard InChI is InChI=1S/C35H45N5O6/c1-24-21-40(25(2)23-41)34(43)30-20-29(37-33(42)27-15-17-36-18-16-27)13-14-31(30)46-26(3)10-8-9-19-45-32(24)22-39(4)35(44)38-28-11-6-5-7-12-28/h5-7,11-18,20,24-26,32,41H,8-10,19,21-23H2,1-4H3,(H,37,42)(H,38,44)/t24-,25+,26+,32-/m0/s1. The summed E-state index contributed by atoms with van der Waals surface area (Å²) in [5.41, 5.74) is 1.84. The van der Waals surface area contributed by atoms with E-state index in [0.717, 1.165) is 19.3 Å². The number of nitrogens with one attached hydrogen (secondary N) is 2. The highest BCUT2D eigenvalue weighted by Gasteiger charge is 2.31. The highest BCUT2D eigenvalue weighted by molar-refractivity contribution is 6.05. The number of hydrogen-bond acceptors (Lipinski definition) is 7. The molecule has 0 saturated heterocycles. The Morgan fingerprint density at radius 3 is 2.50 bits per heavy atom. The van der Waals surface area contributed by atoms with E-state index >= 15 is 0 Å². The number of carbonyl (C=O) groups is 3. The van der Waals surface area contributed by atoms with Gasteiger partial charge < -0.3 is 35.0 Å². The Balaban J connectivity index is 1.60. The summed E-state index contributed by atoms with van der Waals surface area (Å²) in [7, 11) is 1.72. The van der Waals surface area contributed by atoms with Crippen LogP contribution in [0.5, 0.6) is 5.75 Å². The maximum atomic E-state index is 14.3. The van der Waals surface area contributed by atoms with Crippen LogP contribution in [0.25, 0.3) is 0 Å². The van der Waals surface area contributed by atoms with Crippen molar-refractivity contribution < 1.29 is 29.0 Å². The van der Waals surface area contributed by atoms with Crippen molar-refractivity contribution in [2.45, 2.75) is 58.3 Å². The molecule has 0 radical (unpaired) electrons. The number of pyridine rings is 1. The van der Waals surface area contributed by atoms with E-state index in [9.17, 15) is 19.5 Å². The number of aliphatic hydroxyl groups excluding tert-OH is 1. The molecule has 46 heavy (non-hydrogen) atoms. The van der Waals surface area contributed by atoms with E-state index in [1.165, 1.54) is 12.4 Å². The first-order valence-corrected chi connectivity index (χ1v) is 15.8. The highest BCUT2D eigenvalue weighted by Crippen LogP contribution is 2.29. The molecule has 11 nitrogen and oxygen atoms in total. The molecule has 0 aliphatic carbocycles. The van der Waals surface area contributed by atoms with Crippen LogP contribution in [-0.4, -0.2) is 89.3 Å². The average Bonchev–Trinajstić information content (AvgIpc) is 3.06. The molecule has 0 unspecified atom stereocenters. The van der Waals surface area contributed by atoms with Crippen LogP contribution in [0.15, 0.2) is 73.1 Å². The Bertz CT molecular complexity index is 1440. The number of carbonyl (C=O) groups excluding carboxylic acids is 3. The minimum atomic E-state index is -0.525. The summed E-state index contributed by atoms with van der Waals surface area (Å²) >= 11 is 0. The molecule has 1 aliphatic heterocycles. The van der Waals surface area contributed by atoms with Gasteiger partial charge in [0.25, 0.3) is 11.8 Å². The number of anilines is 2. The molecule has 0 bridgehead atoms. The van der Waals surface area contributed by atoms with Crippen LogP contribution in [0.1, 0.15) is 60.7 Å². The lowest BCUT2D eigenvalue weighted by atomic mass is 10.0. The van der Waals surface area contributed by atoms with Crippen LogP contribution in [0, 0.1) is 5.92 Å². The van der Waals surface area contributed by atoms with E-state index in [4.69, 9.17) is 9.47 Å². The third-order valence-corrected chi connectivity index (χ3v) is 8.08. The Morgan fingerprint density at radius 1 is 1.04 bits per heavy atom. The second-order valence-corrected chi connectivity index (χ2v) is 11.9. The number of urea groups is 1. The first-order valence-electron chi connectivity index (χ1n) is 15.8. The molecule has 4 atom stereocenters. The van der Waals surface area contributed by atoms with Crippen LogP contribution in [0.2, 0.25) is 0 Å². The fraction of sp³-hybridized carbons (Fsp3) is 0.429. The van der Waals surface area contributed by atoms with Gasteiger partial charge in [-0.2, -0.15) is 0 Å². The van der Waals surface area contributed by atoms with E-state index in [-0.39, 0.29) is 54.7 Å². The van der Waals surface area contributed by atoms with Gasteiger partial charge in [-0.3, -0.25) is 14.6 Å². The van der Waals surface area contributed by atoms with Crippen LogP contribution < -0.4 is 15.4 Å². The predicted molar refractivity (Wildman–Crippen MR) is 177 cm³/mol. The van der Waals surface area contributed by atoms with Gasteiger partial charge >= 0.3 is 6.03 Å². The molecule has 4 amide bonds. The summed E-state index contributed by atoms with van der Waals surface area (Å²) in [6, 6.07) is 16.7. The molecule has 3 aromatic rings. The van der Waals surface area contributed by atoms with Crippen molar-refractivity contribution in [2.75, 3.05) is 44.0 Å². The Labute approximate surface area is 270 Å². The SMILES string of the molecule is C[C@@H]1CCCCO[C@@H](CN(C)C(=O)Nc2ccccc2)[C@@H](C)CN([C@H](C)CO)C(=O)c2cc(NC(=O)c3ccncc3)ccc2O1. The lowest BCUT2D eigenvalue weighted by Gasteiger charge is -2.35. The molecule has 4 rings (SSSR count). The van der Waals surface area contributed by atoms with Gasteiger partial charge in [0.2, 0.25) is 0 Å². The second kappa shape index (κ2) is 16.7. The summed E-state index contributed by atoms with van der Waals surface area (Å²) in [5.74, 6) is -0.476. The largest absolute Gasteiger partial charge is 0.490 e. The van der Waals surface area contributed by atoms with Crippen molar-refractivity contribution in [3.05, 3.63) is 84.2 Å². The van der Waals surface area contributed by atoms with Crippen molar-refractivity contribution in [2.24, 2.45) is 5.92 Å². The lowest BCUT2D eigenvalue weighted by Crippen LogP contribution is -2.48. The molecule has 2 aromatic carbocycles. The molecule has 1 aromatic heterocycles. The number of para-hydroxylation sites is 1. The maximum Gasteiger partial charge on any atom is 0.321 e. The molecule has 11 heteroatoms. The van der Waals surface area contributed by atoms with Crippen molar-refractivity contribution >= 4 is 29.2 Å². The van der Waals surface area contributed by atoms with Gasteiger partial charge in [0.15, 0.2) is 0 Å². The normalized spacial score (nSPS) is 20.0. The molecule has 1 aliphatic rings. The van der Waals surface area contributed by atoms with E-state index in [2.05, 4.69) is 15.6 Å². The van der Waals surface area contributed by atoms with Crippen molar-refractivity contribution in [1.82, 2.24) is 14.8 Å². The van der Waals surface area contributed by atoms with Crippen LogP contribution in [0.3, 0.4) is 0 Å². The molecule has 246 valence electrons. The average molecular weight is 632 g/mol. The van der Waals surface area contributed by atoms with Gasteiger partial charge in [0.05, 0.1) is 30.4 Å². The van der Waals surface area contributed by atoms with E-state index < -0.39 is 6.04 Å². The third-order valence-electron chi connectivity index (χ3n) is 8.08. The smallest absolute Gasteiger partial charge is 0.321 e. The Morgan fingerprint density at radius 2 is 1.78 bits per heavy atom. The summed E-state index contributed by atoms with van der Waals surface area (Å²) in [6.07, 6.45) is 4.91. The fourth-order valence-corrected chi connectivity index (χ4v) is 5.26. The van der Waals surface area contributed by atoms with Crippen molar-refractivity contribution in [3.8, 4) is 5.75 Å². The first-order chi connectivity index (χ1) is 22.2. The number of benzene rings is 2. The maximum absolute atomic E-state index is 14.3. The number of fused-ring (bicyclic) bond motifs is 1. The number of hydrogen-bond donors (Lipinski definition) is 3. The molecule has 2 heterocycles. The first kappa shape index (κ1) is 34.4. The summed E-state index contributed by atoms with van der Waals surface area (Å²) < 4.78 is 12.6. The van der Waals surface area contributed by atoms with Crippen LogP contribution in [0.4, 0.5) is 16.2 Å². The van der Waals surface area contributed by atoms with Gasteiger partial charge in [-0.15, -0.1) is 0 Å². The second-order valence-electron chi connectivity index (χ2n) is 11.9. The zero-order valence-electron chi connectivity index (χ0n) is 27.0. The van der Waals surface area contributed by atoms with Gasteiger partial charge in [-0.25, -0.2) is 4.79 Å². The molecule has 0 fully saturated rings. The highest BCUT2D eigenvalue weighted by atomic mass is 16.5. The number of nitrogens with zero attached hydrogens (tertiary/aromatic N) is 3. The number of ether oxygens (including phenoxy) is 2. The number of likely N-dealkylation sites (N-methyl/N-ethyl adjacent to an activating group) is 1. The number of aliphatic hydroxyl groups is 1. The van der Waals surface area contributed by atoms with Gasteiger partial charge in [-0.1, -0.05) is 25.1 Å². The lowest BCUT2D eigenvalue weighted by molar-refractivity contribution is -0.0115. The van der Waals surface area contributed by atoms with E-state index in [1.54, 1.807) is 54.1 Å². The number of rotatable bonds is 7. The summed E-state index contributed by atoms with van der Waals surface area (Å²) in [6.45, 7) is 6.51. The number of aromatic nitrogens is 1. The van der Waals surface area contributed by atoms with Gasteiger partial charge in [0.1, 0.15) is 5.75 Å². The third kappa shape index (κ3) is 9.51. The minimum absolute atomic E-state index is 0.182. The topological polar surface area (TPSA) is 133 Å². The van der Waals surface area contributed by atoms with Gasteiger partial charge in [0, 0.05) is 62.0 Å². The van der Waals surface area contributed by atoms with E-state index in [1.807, 2.05) is 44.2 Å². The summed E-state index contributed by atoms with van der Waals surface area (Å²) in [4.78, 5) is 47.4. The van der Waals surface area contributed by atoms with Gasteiger partial charge in [-0.05, 0) is 75.6 Å². The molecule has 3 N–H and O–H groups in total. The zero-order valence-corrected chi connectivity index (χ0v) is 27.0. The molecule has 0 spiro atoms. The monoisotopic (exact) mass is 631 g/mol. The summed E-state index contributed by atoms with van der Waals surface area (Å²) in [5, 5.41) is 16.0. The minimum Gasteiger partial charge on any atom is -0.490 e. The molecular weight excluding hydrogens is 586 g/mol. The van der Waals surface area contributed by atoms with Crippen molar-refractivity contribution in [1.29, 1.82) is 0 Å². The zero-order chi connectivity index (χ0) is 33.1.